The standard InChI is InChI=1S/C15H17N7O2/c23-8-11-2-1-4-21(11)13-6-14(18-9-17-13)22-15(24)12(7-19-22)20-5-3-16-10-20/h3,5-7,9-11,19,23H,1-2,4,8H2/t11-/m1/s1. The molecule has 124 valence electrons. The number of H-pyrrole nitrogens is 1. The molecule has 1 fully saturated rings. The van der Waals surface area contributed by atoms with Crippen molar-refractivity contribution in [3.63, 3.8) is 0 Å². The minimum Gasteiger partial charge on any atom is -0.394 e. The third-order valence-electron chi connectivity index (χ3n) is 4.28. The second-order valence-electron chi connectivity index (χ2n) is 5.68. The molecule has 1 saturated heterocycles. The van der Waals surface area contributed by atoms with Gasteiger partial charge >= 0.3 is 0 Å². The van der Waals surface area contributed by atoms with Crippen molar-refractivity contribution in [3.05, 3.63) is 47.7 Å². The molecule has 2 N–H and O–H groups in total. The lowest BCUT2D eigenvalue weighted by molar-refractivity contribution is 0.266. The summed E-state index contributed by atoms with van der Waals surface area (Å²) in [4.78, 5) is 27.1. The molecule has 24 heavy (non-hydrogen) atoms. The van der Waals surface area contributed by atoms with Crippen LogP contribution in [0, 0.1) is 0 Å². The maximum absolute atomic E-state index is 12.6. The first-order valence-electron chi connectivity index (χ1n) is 7.76. The number of aromatic amines is 1. The summed E-state index contributed by atoms with van der Waals surface area (Å²) in [6.07, 6.45) is 9.87. The third-order valence-corrected chi connectivity index (χ3v) is 4.28. The SMILES string of the molecule is O=c1c(-n2ccnc2)c[nH]n1-c1cc(N2CCC[C@@H]2CO)ncn1. The lowest BCUT2D eigenvalue weighted by Gasteiger charge is -2.24. The highest BCUT2D eigenvalue weighted by Crippen LogP contribution is 2.24. The molecule has 0 saturated carbocycles. The zero-order valence-corrected chi connectivity index (χ0v) is 12.9. The van der Waals surface area contributed by atoms with Crippen LogP contribution < -0.4 is 10.5 Å². The van der Waals surface area contributed by atoms with Gasteiger partial charge in [0.05, 0.1) is 19.0 Å². The van der Waals surface area contributed by atoms with Gasteiger partial charge in [-0.1, -0.05) is 0 Å². The zero-order chi connectivity index (χ0) is 16.5. The molecule has 9 nitrogen and oxygen atoms in total. The van der Waals surface area contributed by atoms with Crippen LogP contribution in [0.15, 0.2) is 42.1 Å². The molecule has 0 amide bonds. The number of nitrogens with zero attached hydrogens (tertiary/aromatic N) is 6. The van der Waals surface area contributed by atoms with Gasteiger partial charge in [-0.25, -0.2) is 15.0 Å². The Labute approximate surface area is 137 Å². The zero-order valence-electron chi connectivity index (χ0n) is 12.9. The number of aliphatic hydroxyl groups excluding tert-OH is 1. The van der Waals surface area contributed by atoms with E-state index in [2.05, 4.69) is 25.0 Å². The van der Waals surface area contributed by atoms with E-state index >= 15 is 0 Å². The van der Waals surface area contributed by atoms with Crippen molar-refractivity contribution in [1.82, 2.24) is 29.3 Å². The average Bonchev–Trinajstić information content (AvgIpc) is 3.35. The first-order chi connectivity index (χ1) is 11.8. The van der Waals surface area contributed by atoms with E-state index in [9.17, 15) is 9.90 Å². The molecule has 1 aliphatic rings. The van der Waals surface area contributed by atoms with E-state index in [-0.39, 0.29) is 18.2 Å². The number of rotatable bonds is 4. The van der Waals surface area contributed by atoms with Crippen LogP contribution in [-0.2, 0) is 0 Å². The molecular weight excluding hydrogens is 310 g/mol. The molecule has 3 aromatic heterocycles. The Balaban J connectivity index is 1.71. The molecule has 9 heteroatoms. The highest BCUT2D eigenvalue weighted by atomic mass is 16.3. The van der Waals surface area contributed by atoms with Crippen LogP contribution in [0.3, 0.4) is 0 Å². The predicted molar refractivity (Wildman–Crippen MR) is 86.6 cm³/mol. The van der Waals surface area contributed by atoms with Gasteiger partial charge in [0.1, 0.15) is 17.8 Å². The minimum atomic E-state index is -0.224. The van der Waals surface area contributed by atoms with Gasteiger partial charge in [0, 0.05) is 31.2 Å². The van der Waals surface area contributed by atoms with E-state index in [0.717, 1.165) is 19.4 Å². The molecule has 0 bridgehead atoms. The van der Waals surface area contributed by atoms with Gasteiger partial charge < -0.3 is 10.0 Å². The summed E-state index contributed by atoms with van der Waals surface area (Å²) < 4.78 is 3.00. The van der Waals surface area contributed by atoms with E-state index in [1.165, 1.54) is 11.0 Å². The summed E-state index contributed by atoms with van der Waals surface area (Å²) in [5.41, 5.74) is 0.236. The average molecular weight is 327 g/mol. The fraction of sp³-hybridized carbons (Fsp3) is 0.333. The molecule has 0 aromatic carbocycles. The Morgan fingerprint density at radius 2 is 2.21 bits per heavy atom. The normalized spacial score (nSPS) is 17.5. The van der Waals surface area contributed by atoms with Crippen LogP contribution in [0.25, 0.3) is 11.5 Å². The summed E-state index contributed by atoms with van der Waals surface area (Å²) in [5, 5.41) is 12.4. The number of hydrogen-bond donors (Lipinski definition) is 2. The van der Waals surface area contributed by atoms with Gasteiger partial charge in [-0.2, -0.15) is 4.68 Å². The molecule has 0 radical (unpaired) electrons. The Morgan fingerprint density at radius 3 is 3.00 bits per heavy atom. The van der Waals surface area contributed by atoms with E-state index in [1.54, 1.807) is 35.6 Å². The van der Waals surface area contributed by atoms with Crippen molar-refractivity contribution >= 4 is 5.82 Å². The molecule has 0 spiro atoms. The number of imidazole rings is 1. The summed E-state index contributed by atoms with van der Waals surface area (Å²) in [6.45, 7) is 0.925. The van der Waals surface area contributed by atoms with Gasteiger partial charge in [0.15, 0.2) is 5.82 Å². The second-order valence-corrected chi connectivity index (χ2v) is 5.68. The van der Waals surface area contributed by atoms with Gasteiger partial charge in [-0.3, -0.25) is 14.5 Å². The Kier molecular flexibility index (Phi) is 3.62. The van der Waals surface area contributed by atoms with Crippen LogP contribution in [0.2, 0.25) is 0 Å². The van der Waals surface area contributed by atoms with Crippen molar-refractivity contribution in [2.75, 3.05) is 18.1 Å². The molecule has 4 rings (SSSR count). The molecule has 1 aliphatic heterocycles. The molecule has 1 atom stereocenters. The minimum absolute atomic E-state index is 0.0645. The van der Waals surface area contributed by atoms with Gasteiger partial charge in [0.2, 0.25) is 0 Å². The van der Waals surface area contributed by atoms with E-state index in [1.807, 2.05) is 0 Å². The van der Waals surface area contributed by atoms with Crippen molar-refractivity contribution in [3.8, 4) is 11.5 Å². The fourth-order valence-corrected chi connectivity index (χ4v) is 3.06. The summed E-state index contributed by atoms with van der Waals surface area (Å²) in [7, 11) is 0. The molecule has 3 aromatic rings. The molecular formula is C15H17N7O2. The van der Waals surface area contributed by atoms with Crippen LogP contribution in [0.4, 0.5) is 5.82 Å². The summed E-state index contributed by atoms with van der Waals surface area (Å²) >= 11 is 0. The Bertz CT molecular complexity index is 883. The molecule has 0 aliphatic carbocycles. The van der Waals surface area contributed by atoms with Crippen LogP contribution >= 0.6 is 0 Å². The lowest BCUT2D eigenvalue weighted by Crippen LogP contribution is -2.33. The van der Waals surface area contributed by atoms with Gasteiger partial charge in [-0.15, -0.1) is 0 Å². The smallest absolute Gasteiger partial charge is 0.296 e. The second kappa shape index (κ2) is 5.93. The van der Waals surface area contributed by atoms with E-state index < -0.39 is 0 Å². The maximum atomic E-state index is 12.6. The van der Waals surface area contributed by atoms with Crippen LogP contribution in [-0.4, -0.2) is 53.6 Å². The third kappa shape index (κ3) is 2.38. The Morgan fingerprint density at radius 1 is 1.33 bits per heavy atom. The first-order valence-corrected chi connectivity index (χ1v) is 7.76. The van der Waals surface area contributed by atoms with Crippen molar-refractivity contribution in [2.45, 2.75) is 18.9 Å². The number of anilines is 1. The molecule has 4 heterocycles. The highest BCUT2D eigenvalue weighted by Gasteiger charge is 2.25. The molecule has 0 unspecified atom stereocenters. The van der Waals surface area contributed by atoms with Crippen LogP contribution in [0.1, 0.15) is 12.8 Å². The topological polar surface area (TPSA) is 105 Å². The van der Waals surface area contributed by atoms with E-state index in [4.69, 9.17) is 0 Å². The lowest BCUT2D eigenvalue weighted by atomic mass is 10.2. The van der Waals surface area contributed by atoms with Crippen molar-refractivity contribution < 1.29 is 5.11 Å². The Hall–Kier alpha value is -2.94. The van der Waals surface area contributed by atoms with Gasteiger partial charge in [0.25, 0.3) is 5.56 Å². The number of hydrogen-bond acceptors (Lipinski definition) is 6. The van der Waals surface area contributed by atoms with Crippen molar-refractivity contribution in [2.24, 2.45) is 0 Å². The highest BCUT2D eigenvalue weighted by molar-refractivity contribution is 5.45. The van der Waals surface area contributed by atoms with Gasteiger partial charge in [-0.05, 0) is 12.8 Å². The van der Waals surface area contributed by atoms with E-state index in [0.29, 0.717) is 17.3 Å². The van der Waals surface area contributed by atoms with Crippen molar-refractivity contribution in [1.29, 1.82) is 0 Å². The maximum Gasteiger partial charge on any atom is 0.296 e. The van der Waals surface area contributed by atoms with Crippen LogP contribution in [0.5, 0.6) is 0 Å². The number of aromatic nitrogens is 6. The number of nitrogens with one attached hydrogen (secondary N) is 1. The monoisotopic (exact) mass is 327 g/mol. The number of aliphatic hydroxyl groups is 1. The quantitative estimate of drug-likeness (QED) is 0.704. The summed E-state index contributed by atoms with van der Waals surface area (Å²) in [6, 6.07) is 1.82. The largest absolute Gasteiger partial charge is 0.394 e. The fourth-order valence-electron chi connectivity index (χ4n) is 3.06. The first kappa shape index (κ1) is 14.6. The predicted octanol–water partition coefficient (Wildman–Crippen LogP) is 0.102. The summed E-state index contributed by atoms with van der Waals surface area (Å²) in [5.74, 6) is 1.17.